The van der Waals surface area contributed by atoms with Gasteiger partial charge in [0.1, 0.15) is 5.78 Å². The second-order valence-corrected chi connectivity index (χ2v) is 6.41. The summed E-state index contributed by atoms with van der Waals surface area (Å²) in [5, 5.41) is 0. The topological polar surface area (TPSA) is 62.8 Å². The number of hydrogen-bond donors (Lipinski definition) is 1. The lowest BCUT2D eigenvalue weighted by Gasteiger charge is -2.15. The van der Waals surface area contributed by atoms with E-state index in [-0.39, 0.29) is 18.0 Å². The van der Waals surface area contributed by atoms with Gasteiger partial charge in [-0.25, -0.2) is 4.98 Å². The summed E-state index contributed by atoms with van der Waals surface area (Å²) in [7, 11) is 0. The van der Waals surface area contributed by atoms with Crippen LogP contribution in [-0.4, -0.2) is 21.5 Å². The molecular formula is C21H22N2O2. The molecule has 4 nitrogen and oxygen atoms in total. The monoisotopic (exact) mass is 334 g/mol. The van der Waals surface area contributed by atoms with E-state index in [1.807, 2.05) is 62.4 Å². The minimum atomic E-state index is -0.415. The molecule has 3 rings (SSSR count). The number of fused-ring (bicyclic) bond motifs is 1. The van der Waals surface area contributed by atoms with Gasteiger partial charge in [-0.2, -0.15) is 0 Å². The number of rotatable bonds is 7. The van der Waals surface area contributed by atoms with Crippen molar-refractivity contribution < 1.29 is 9.59 Å². The summed E-state index contributed by atoms with van der Waals surface area (Å²) in [6.45, 7) is 3.98. The minimum Gasteiger partial charge on any atom is -0.335 e. The van der Waals surface area contributed by atoms with E-state index in [2.05, 4.69) is 9.97 Å². The Morgan fingerprint density at radius 2 is 1.80 bits per heavy atom. The predicted molar refractivity (Wildman–Crippen MR) is 98.9 cm³/mol. The van der Waals surface area contributed by atoms with E-state index >= 15 is 0 Å². The Kier molecular flexibility index (Phi) is 5.08. The third kappa shape index (κ3) is 3.85. The Hall–Kier alpha value is -2.75. The molecule has 1 N–H and O–H groups in total. The molecule has 0 aliphatic rings. The van der Waals surface area contributed by atoms with Crippen LogP contribution in [0.5, 0.6) is 0 Å². The summed E-state index contributed by atoms with van der Waals surface area (Å²) >= 11 is 0. The van der Waals surface area contributed by atoms with Crippen LogP contribution in [0.4, 0.5) is 0 Å². The summed E-state index contributed by atoms with van der Waals surface area (Å²) in [4.78, 5) is 32.7. The number of nitrogens with one attached hydrogen (secondary N) is 1. The maximum Gasteiger partial charge on any atom is 0.199 e. The van der Waals surface area contributed by atoms with Gasteiger partial charge in [0.25, 0.3) is 0 Å². The number of hydrogen-bond acceptors (Lipinski definition) is 3. The average molecular weight is 334 g/mol. The molecule has 0 fully saturated rings. The molecule has 0 saturated heterocycles. The van der Waals surface area contributed by atoms with Crippen LogP contribution in [-0.2, 0) is 4.79 Å². The molecule has 1 heterocycles. The molecule has 1 atom stereocenters. The fraction of sp³-hybridized carbons (Fsp3) is 0.286. The van der Waals surface area contributed by atoms with Gasteiger partial charge in [-0.3, -0.25) is 9.59 Å². The number of aromatic nitrogens is 2. The van der Waals surface area contributed by atoms with E-state index in [1.54, 1.807) is 0 Å². The predicted octanol–water partition coefficient (Wildman–Crippen LogP) is 4.60. The molecule has 128 valence electrons. The Balaban J connectivity index is 1.87. The molecule has 0 amide bonds. The molecule has 1 unspecified atom stereocenters. The van der Waals surface area contributed by atoms with Crippen LogP contribution in [0, 0.1) is 6.92 Å². The molecule has 0 saturated carbocycles. The third-order valence-corrected chi connectivity index (χ3v) is 4.41. The molecule has 0 bridgehead atoms. The van der Waals surface area contributed by atoms with Gasteiger partial charge < -0.3 is 4.98 Å². The first-order chi connectivity index (χ1) is 12.1. The quantitative estimate of drug-likeness (QED) is 0.642. The molecule has 0 aliphatic heterocycles. The first-order valence-electron chi connectivity index (χ1n) is 8.65. The Morgan fingerprint density at radius 1 is 1.08 bits per heavy atom. The zero-order chi connectivity index (χ0) is 17.8. The number of benzene rings is 2. The minimum absolute atomic E-state index is 0.107. The van der Waals surface area contributed by atoms with Gasteiger partial charge in [-0.1, -0.05) is 48.9 Å². The van der Waals surface area contributed by atoms with Gasteiger partial charge in [0.2, 0.25) is 0 Å². The molecule has 0 aliphatic carbocycles. The zero-order valence-corrected chi connectivity index (χ0v) is 14.6. The van der Waals surface area contributed by atoms with Crippen LogP contribution < -0.4 is 0 Å². The zero-order valence-electron chi connectivity index (χ0n) is 14.6. The number of imidazole rings is 1. The normalized spacial score (nSPS) is 12.2. The van der Waals surface area contributed by atoms with E-state index in [4.69, 9.17) is 0 Å². The van der Waals surface area contributed by atoms with Gasteiger partial charge in [-0.05, 0) is 31.0 Å². The smallest absolute Gasteiger partial charge is 0.199 e. The first-order valence-corrected chi connectivity index (χ1v) is 8.65. The Morgan fingerprint density at radius 3 is 2.48 bits per heavy atom. The number of Topliss-reactive ketones (excluding diaryl/α,β-unsaturated/α-hetero) is 2. The molecule has 1 aromatic heterocycles. The molecule has 2 aromatic carbocycles. The van der Waals surface area contributed by atoms with Gasteiger partial charge in [0.05, 0.1) is 17.0 Å². The van der Waals surface area contributed by atoms with Crippen molar-refractivity contribution in [1.29, 1.82) is 0 Å². The highest BCUT2D eigenvalue weighted by Crippen LogP contribution is 2.25. The summed E-state index contributed by atoms with van der Waals surface area (Å²) < 4.78 is 0. The van der Waals surface area contributed by atoms with Crippen LogP contribution in [0.3, 0.4) is 0 Å². The molecule has 0 radical (unpaired) electrons. The van der Waals surface area contributed by atoms with Crippen LogP contribution in [0.2, 0.25) is 0 Å². The molecule has 25 heavy (non-hydrogen) atoms. The second-order valence-electron chi connectivity index (χ2n) is 6.41. The average Bonchev–Trinajstić information content (AvgIpc) is 3.05. The van der Waals surface area contributed by atoms with Crippen molar-refractivity contribution in [3.05, 3.63) is 65.5 Å². The number of ketones is 2. The van der Waals surface area contributed by atoms with E-state index in [1.165, 1.54) is 0 Å². The van der Waals surface area contributed by atoms with Crippen molar-refractivity contribution in [3.8, 4) is 0 Å². The summed E-state index contributed by atoms with van der Waals surface area (Å²) in [5.41, 5.74) is 3.62. The molecular weight excluding hydrogens is 312 g/mol. The first kappa shape index (κ1) is 17.1. The Bertz CT molecular complexity index is 861. The number of aryl methyl sites for hydroxylation is 1. The number of nitrogens with zero attached hydrogens (tertiary/aromatic N) is 1. The molecule has 4 heteroatoms. The number of H-pyrrole nitrogens is 1. The van der Waals surface area contributed by atoms with E-state index < -0.39 is 5.92 Å². The van der Waals surface area contributed by atoms with Gasteiger partial charge in [-0.15, -0.1) is 0 Å². The van der Waals surface area contributed by atoms with E-state index in [0.717, 1.165) is 28.6 Å². The van der Waals surface area contributed by atoms with Crippen molar-refractivity contribution >= 4 is 22.6 Å². The van der Waals surface area contributed by atoms with Crippen LogP contribution in [0.15, 0.2) is 48.5 Å². The lowest BCUT2D eigenvalue weighted by molar-refractivity contribution is -0.120. The second kappa shape index (κ2) is 7.43. The van der Waals surface area contributed by atoms with Crippen molar-refractivity contribution in [3.63, 3.8) is 0 Å². The highest BCUT2D eigenvalue weighted by molar-refractivity contribution is 6.00. The van der Waals surface area contributed by atoms with Crippen LogP contribution >= 0.6 is 0 Å². The Labute approximate surface area is 147 Å². The van der Waals surface area contributed by atoms with Crippen molar-refractivity contribution in [1.82, 2.24) is 9.97 Å². The van der Waals surface area contributed by atoms with Gasteiger partial charge in [0, 0.05) is 12.8 Å². The summed E-state index contributed by atoms with van der Waals surface area (Å²) in [6.07, 6.45) is 1.40. The molecule has 0 spiro atoms. The van der Waals surface area contributed by atoms with E-state index in [0.29, 0.717) is 12.2 Å². The van der Waals surface area contributed by atoms with Crippen molar-refractivity contribution in [2.45, 2.75) is 39.0 Å². The SMILES string of the molecule is CCCC(=O)C(CC(=O)c1nc2ccccc2[nH]1)c1ccc(C)cc1. The van der Waals surface area contributed by atoms with Crippen LogP contribution in [0.25, 0.3) is 11.0 Å². The standard InChI is InChI=1S/C21H22N2O2/c1-3-6-19(24)16(15-11-9-14(2)10-12-15)13-20(25)21-22-17-7-4-5-8-18(17)23-21/h4-5,7-12,16H,3,6,13H2,1-2H3,(H,22,23). The fourth-order valence-corrected chi connectivity index (χ4v) is 3.00. The summed E-state index contributed by atoms with van der Waals surface area (Å²) in [5.74, 6) is -0.120. The number of carbonyl (C=O) groups is 2. The third-order valence-electron chi connectivity index (χ3n) is 4.41. The van der Waals surface area contributed by atoms with Crippen molar-refractivity contribution in [2.24, 2.45) is 0 Å². The highest BCUT2D eigenvalue weighted by Gasteiger charge is 2.25. The summed E-state index contributed by atoms with van der Waals surface area (Å²) in [6, 6.07) is 15.4. The highest BCUT2D eigenvalue weighted by atomic mass is 16.1. The largest absolute Gasteiger partial charge is 0.335 e. The van der Waals surface area contributed by atoms with Gasteiger partial charge >= 0.3 is 0 Å². The maximum absolute atomic E-state index is 12.7. The fourth-order valence-electron chi connectivity index (χ4n) is 3.00. The van der Waals surface area contributed by atoms with Crippen LogP contribution in [0.1, 0.15) is 53.8 Å². The maximum atomic E-state index is 12.7. The lowest BCUT2D eigenvalue weighted by atomic mass is 9.87. The number of carbonyl (C=O) groups excluding carboxylic acids is 2. The molecule has 3 aromatic rings. The van der Waals surface area contributed by atoms with E-state index in [9.17, 15) is 9.59 Å². The lowest BCUT2D eigenvalue weighted by Crippen LogP contribution is -2.17. The van der Waals surface area contributed by atoms with Gasteiger partial charge in [0.15, 0.2) is 11.6 Å². The number of aromatic amines is 1. The van der Waals surface area contributed by atoms with Crippen molar-refractivity contribution in [2.75, 3.05) is 0 Å². The number of para-hydroxylation sites is 2.